The molecule has 27 heavy (non-hydrogen) atoms. The van der Waals surface area contributed by atoms with Gasteiger partial charge in [-0.15, -0.1) is 0 Å². The number of aryl methyl sites for hydroxylation is 1. The molecule has 7 heteroatoms. The minimum Gasteiger partial charge on any atom is -0.494 e. The fourth-order valence-electron chi connectivity index (χ4n) is 2.61. The largest absolute Gasteiger partial charge is 0.494 e. The van der Waals surface area contributed by atoms with Crippen LogP contribution in [0.25, 0.3) is 10.8 Å². The number of esters is 1. The molecule has 2 aromatic carbocycles. The zero-order chi connectivity index (χ0) is 19.2. The lowest BCUT2D eigenvalue weighted by atomic mass is 10.1. The molecule has 0 aliphatic carbocycles. The Hall–Kier alpha value is -3.35. The molecule has 7 nitrogen and oxygen atoms in total. The highest BCUT2D eigenvalue weighted by molar-refractivity contribution is 6.02. The highest BCUT2D eigenvalue weighted by atomic mass is 16.6. The Labute approximate surface area is 156 Å². The molecule has 0 atom stereocenters. The van der Waals surface area contributed by atoms with Crippen LogP contribution in [0.3, 0.4) is 0 Å². The van der Waals surface area contributed by atoms with E-state index in [-0.39, 0.29) is 24.5 Å². The van der Waals surface area contributed by atoms with Gasteiger partial charge >= 0.3 is 5.97 Å². The van der Waals surface area contributed by atoms with E-state index in [2.05, 4.69) is 5.10 Å². The maximum atomic E-state index is 12.4. The molecule has 0 aliphatic rings. The van der Waals surface area contributed by atoms with Crippen LogP contribution in [-0.4, -0.2) is 35.6 Å². The second-order valence-electron chi connectivity index (χ2n) is 5.71. The van der Waals surface area contributed by atoms with Crippen molar-refractivity contribution in [3.05, 3.63) is 64.6 Å². The summed E-state index contributed by atoms with van der Waals surface area (Å²) in [6, 6.07) is 14.0. The van der Waals surface area contributed by atoms with Crippen LogP contribution in [0.2, 0.25) is 0 Å². The van der Waals surface area contributed by atoms with Crippen LogP contribution in [-0.2, 0) is 11.8 Å². The first-order valence-corrected chi connectivity index (χ1v) is 8.59. The van der Waals surface area contributed by atoms with Gasteiger partial charge in [-0.3, -0.25) is 4.79 Å². The number of rotatable bonds is 7. The quantitative estimate of drug-likeness (QED) is 0.471. The highest BCUT2D eigenvalue weighted by Crippen LogP contribution is 2.17. The van der Waals surface area contributed by atoms with Gasteiger partial charge in [-0.2, -0.15) is 5.10 Å². The smallest absolute Gasteiger partial charge is 0.359 e. The molecule has 0 radical (unpaired) electrons. The summed E-state index contributed by atoms with van der Waals surface area (Å²) in [5.74, 6) is 0.821. The first kappa shape index (κ1) is 18.4. The molecule has 3 aromatic rings. The molecule has 0 N–H and O–H groups in total. The Kier molecular flexibility index (Phi) is 5.71. The average Bonchev–Trinajstić information content (AvgIpc) is 2.69. The van der Waals surface area contributed by atoms with E-state index in [9.17, 15) is 9.59 Å². The molecular formula is C20H20N2O5. The number of carbonyl (C=O) groups excluding carboxylic acids is 1. The average molecular weight is 368 g/mol. The Bertz CT molecular complexity index is 995. The van der Waals surface area contributed by atoms with E-state index < -0.39 is 5.97 Å². The number of hydrogen-bond donors (Lipinski definition) is 0. The van der Waals surface area contributed by atoms with Gasteiger partial charge in [-0.05, 0) is 37.3 Å². The maximum Gasteiger partial charge on any atom is 0.359 e. The first-order valence-electron chi connectivity index (χ1n) is 8.59. The van der Waals surface area contributed by atoms with Gasteiger partial charge in [-0.1, -0.05) is 18.2 Å². The van der Waals surface area contributed by atoms with Crippen LogP contribution in [0.15, 0.2) is 53.3 Å². The van der Waals surface area contributed by atoms with E-state index in [0.717, 1.165) is 10.4 Å². The zero-order valence-corrected chi connectivity index (χ0v) is 15.2. The van der Waals surface area contributed by atoms with E-state index in [0.29, 0.717) is 23.1 Å². The Morgan fingerprint density at radius 2 is 1.59 bits per heavy atom. The third-order valence-electron chi connectivity index (χ3n) is 3.87. The van der Waals surface area contributed by atoms with Crippen molar-refractivity contribution in [2.45, 2.75) is 6.92 Å². The summed E-state index contributed by atoms with van der Waals surface area (Å²) in [5.41, 5.74) is -0.158. The second kappa shape index (κ2) is 8.35. The van der Waals surface area contributed by atoms with E-state index in [4.69, 9.17) is 14.2 Å². The number of aromatic nitrogens is 2. The molecule has 0 saturated carbocycles. The third kappa shape index (κ3) is 4.25. The maximum absolute atomic E-state index is 12.4. The molecule has 0 aliphatic heterocycles. The van der Waals surface area contributed by atoms with Gasteiger partial charge in [0.1, 0.15) is 24.7 Å². The molecule has 0 unspecified atom stereocenters. The van der Waals surface area contributed by atoms with Crippen LogP contribution in [0, 0.1) is 0 Å². The van der Waals surface area contributed by atoms with Crippen molar-refractivity contribution in [2.75, 3.05) is 19.8 Å². The number of ether oxygens (including phenoxy) is 3. The van der Waals surface area contributed by atoms with Gasteiger partial charge < -0.3 is 14.2 Å². The van der Waals surface area contributed by atoms with Crippen molar-refractivity contribution in [1.82, 2.24) is 9.78 Å². The number of carbonyl (C=O) groups is 1. The molecule has 0 saturated heterocycles. The van der Waals surface area contributed by atoms with Crippen LogP contribution >= 0.6 is 0 Å². The van der Waals surface area contributed by atoms with Gasteiger partial charge in [0.2, 0.25) is 0 Å². The second-order valence-corrected chi connectivity index (χ2v) is 5.71. The fraction of sp³-hybridized carbons (Fsp3) is 0.250. The summed E-state index contributed by atoms with van der Waals surface area (Å²) in [6.07, 6.45) is 0. The highest BCUT2D eigenvalue weighted by Gasteiger charge is 2.16. The Morgan fingerprint density at radius 3 is 2.26 bits per heavy atom. The van der Waals surface area contributed by atoms with Crippen LogP contribution < -0.4 is 15.0 Å². The molecule has 0 amide bonds. The van der Waals surface area contributed by atoms with Crippen molar-refractivity contribution in [3.63, 3.8) is 0 Å². The predicted octanol–water partition coefficient (Wildman–Crippen LogP) is 2.57. The summed E-state index contributed by atoms with van der Waals surface area (Å²) in [5, 5.41) is 4.93. The Balaban J connectivity index is 1.61. The predicted molar refractivity (Wildman–Crippen MR) is 100 cm³/mol. The molecule has 0 bridgehead atoms. The summed E-state index contributed by atoms with van der Waals surface area (Å²) in [6.45, 7) is 2.78. The molecule has 0 fully saturated rings. The number of hydrogen-bond acceptors (Lipinski definition) is 6. The van der Waals surface area contributed by atoms with Gasteiger partial charge in [0.15, 0.2) is 5.69 Å². The van der Waals surface area contributed by atoms with Crippen molar-refractivity contribution in [1.29, 1.82) is 0 Å². The van der Waals surface area contributed by atoms with Gasteiger partial charge in [-0.25, -0.2) is 9.48 Å². The normalized spacial score (nSPS) is 10.6. The van der Waals surface area contributed by atoms with Crippen molar-refractivity contribution in [3.8, 4) is 11.5 Å². The minimum absolute atomic E-state index is 0.0604. The lowest BCUT2D eigenvalue weighted by Crippen LogP contribution is -2.24. The first-order chi connectivity index (χ1) is 13.1. The molecule has 140 valence electrons. The van der Waals surface area contributed by atoms with E-state index in [1.807, 2.05) is 19.1 Å². The standard InChI is InChI=1S/C20H20N2O5/c1-3-25-14-8-10-15(11-9-14)26-12-13-27-20(24)18-16-6-4-5-7-17(16)19(23)22(2)21-18/h4-11H,3,12-13H2,1-2H3. The summed E-state index contributed by atoms with van der Waals surface area (Å²) >= 11 is 0. The summed E-state index contributed by atoms with van der Waals surface area (Å²) in [7, 11) is 1.50. The third-order valence-corrected chi connectivity index (χ3v) is 3.87. The van der Waals surface area contributed by atoms with Gasteiger partial charge in [0, 0.05) is 12.4 Å². The van der Waals surface area contributed by atoms with Gasteiger partial charge in [0.05, 0.1) is 12.0 Å². The van der Waals surface area contributed by atoms with E-state index in [1.165, 1.54) is 7.05 Å². The van der Waals surface area contributed by atoms with Crippen molar-refractivity contribution < 1.29 is 19.0 Å². The monoisotopic (exact) mass is 368 g/mol. The molecule has 1 aromatic heterocycles. The molecule has 3 rings (SSSR count). The molecule has 1 heterocycles. The SMILES string of the molecule is CCOc1ccc(OCCOC(=O)c2nn(C)c(=O)c3ccccc23)cc1. The van der Waals surface area contributed by atoms with Crippen molar-refractivity contribution >= 4 is 16.7 Å². The summed E-state index contributed by atoms with van der Waals surface area (Å²) in [4.78, 5) is 24.5. The summed E-state index contributed by atoms with van der Waals surface area (Å²) < 4.78 is 17.3. The van der Waals surface area contributed by atoms with E-state index >= 15 is 0 Å². The van der Waals surface area contributed by atoms with Gasteiger partial charge in [0.25, 0.3) is 5.56 Å². The Morgan fingerprint density at radius 1 is 0.963 bits per heavy atom. The minimum atomic E-state index is -0.600. The van der Waals surface area contributed by atoms with Crippen LogP contribution in [0.5, 0.6) is 11.5 Å². The number of benzene rings is 2. The topological polar surface area (TPSA) is 79.7 Å². The lowest BCUT2D eigenvalue weighted by molar-refractivity contribution is 0.0443. The van der Waals surface area contributed by atoms with Crippen LogP contribution in [0.1, 0.15) is 17.4 Å². The lowest BCUT2D eigenvalue weighted by Gasteiger charge is -2.10. The number of fused-ring (bicyclic) bond motifs is 1. The van der Waals surface area contributed by atoms with E-state index in [1.54, 1.807) is 36.4 Å². The van der Waals surface area contributed by atoms with Crippen LogP contribution in [0.4, 0.5) is 0 Å². The number of nitrogens with zero attached hydrogens (tertiary/aromatic N) is 2. The zero-order valence-electron chi connectivity index (χ0n) is 15.2. The fourth-order valence-corrected chi connectivity index (χ4v) is 2.61. The van der Waals surface area contributed by atoms with Crippen molar-refractivity contribution in [2.24, 2.45) is 7.05 Å². The molecule has 0 spiro atoms. The molecular weight excluding hydrogens is 348 g/mol.